The first-order valence-corrected chi connectivity index (χ1v) is 11.3. The molecule has 1 aromatic rings. The van der Waals surface area contributed by atoms with Crippen LogP contribution in [0.2, 0.25) is 0 Å². The Morgan fingerprint density at radius 1 is 1.04 bits per heavy atom. The molecule has 4 rings (SSSR count). The van der Waals surface area contributed by atoms with Gasteiger partial charge in [0, 0.05) is 31.6 Å². The molecule has 1 aliphatic carbocycles. The Bertz CT molecular complexity index is 601. The fourth-order valence-corrected chi connectivity index (χ4v) is 4.84. The van der Waals surface area contributed by atoms with Crippen LogP contribution in [-0.2, 0) is 11.2 Å². The van der Waals surface area contributed by atoms with Crippen molar-refractivity contribution in [1.82, 2.24) is 9.80 Å². The van der Waals surface area contributed by atoms with Gasteiger partial charge in [0.05, 0.1) is 0 Å². The predicted molar refractivity (Wildman–Crippen MR) is 121 cm³/mol. The van der Waals surface area contributed by atoms with Crippen molar-refractivity contribution in [2.45, 2.75) is 59.4 Å². The van der Waals surface area contributed by atoms with Gasteiger partial charge in [0.1, 0.15) is 6.79 Å². The van der Waals surface area contributed by atoms with E-state index in [0.717, 1.165) is 11.8 Å². The molecule has 3 aliphatic rings. The molecule has 3 heteroatoms. The maximum atomic E-state index is 8.00. The first kappa shape index (κ1) is 22.8. The van der Waals surface area contributed by atoms with Gasteiger partial charge in [-0.2, -0.15) is 0 Å². The smallest absolute Gasteiger partial charge is 0.106 e. The van der Waals surface area contributed by atoms with Crippen LogP contribution in [0.5, 0.6) is 0 Å². The summed E-state index contributed by atoms with van der Waals surface area (Å²) in [6.45, 7) is 17.1. The van der Waals surface area contributed by atoms with Crippen LogP contribution in [0.25, 0.3) is 5.57 Å². The summed E-state index contributed by atoms with van der Waals surface area (Å²) in [4.78, 5) is 13.3. The standard InChI is InChI=1S/C22H32N2.C2H6.CH2O/c1-17(2)24-15-20-9-10-21(22(20)16-24)19-7-5-18(6-8-19)11-14-23-12-3-4-13-23;2*1-2/h5-8,10,17,20,22H,3-4,9,11-16H2,1-2H3;1-2H3;1H2. The molecule has 2 aliphatic heterocycles. The van der Waals surface area contributed by atoms with Crippen LogP contribution in [0.4, 0.5) is 0 Å². The van der Waals surface area contributed by atoms with E-state index in [4.69, 9.17) is 4.79 Å². The number of likely N-dealkylation sites (tertiary alicyclic amines) is 2. The van der Waals surface area contributed by atoms with E-state index in [2.05, 4.69) is 54.0 Å². The van der Waals surface area contributed by atoms with Crippen LogP contribution >= 0.6 is 0 Å². The summed E-state index contributed by atoms with van der Waals surface area (Å²) in [5.74, 6) is 1.63. The minimum atomic E-state index is 0.685. The van der Waals surface area contributed by atoms with E-state index in [9.17, 15) is 0 Å². The van der Waals surface area contributed by atoms with Crippen molar-refractivity contribution in [3.05, 3.63) is 41.5 Å². The Kier molecular flexibility index (Phi) is 9.40. The number of hydrogen-bond acceptors (Lipinski definition) is 3. The molecular formula is C25H40N2O. The number of benzene rings is 1. The van der Waals surface area contributed by atoms with Crippen LogP contribution < -0.4 is 0 Å². The van der Waals surface area contributed by atoms with Gasteiger partial charge >= 0.3 is 0 Å². The second-order valence-corrected chi connectivity index (χ2v) is 8.31. The van der Waals surface area contributed by atoms with Crippen LogP contribution in [-0.4, -0.2) is 55.4 Å². The zero-order valence-electron chi connectivity index (χ0n) is 18.5. The summed E-state index contributed by atoms with van der Waals surface area (Å²) >= 11 is 0. The Morgan fingerprint density at radius 3 is 2.29 bits per heavy atom. The molecule has 0 N–H and O–H groups in total. The molecule has 2 heterocycles. The topological polar surface area (TPSA) is 23.6 Å². The van der Waals surface area contributed by atoms with E-state index < -0.39 is 0 Å². The number of rotatable bonds is 5. The predicted octanol–water partition coefficient (Wildman–Crippen LogP) is 4.91. The minimum absolute atomic E-state index is 0.685. The number of fused-ring (bicyclic) bond motifs is 1. The number of hydrogen-bond donors (Lipinski definition) is 0. The molecule has 0 bridgehead atoms. The number of nitrogens with zero attached hydrogens (tertiary/aromatic N) is 2. The van der Waals surface area contributed by atoms with Crippen LogP contribution in [0.15, 0.2) is 30.3 Å². The summed E-state index contributed by atoms with van der Waals surface area (Å²) in [6, 6.07) is 10.2. The SMILES string of the molecule is C=O.CC.CC(C)N1CC2CC=C(c3ccc(CCN4CCCC4)cc3)C2C1. The van der Waals surface area contributed by atoms with Crippen LogP contribution in [0.1, 0.15) is 58.1 Å². The lowest BCUT2D eigenvalue weighted by Gasteiger charge is -2.21. The molecule has 0 saturated carbocycles. The van der Waals surface area contributed by atoms with Gasteiger partial charge in [-0.05, 0) is 75.2 Å². The summed E-state index contributed by atoms with van der Waals surface area (Å²) < 4.78 is 0. The zero-order chi connectivity index (χ0) is 20.5. The second-order valence-electron chi connectivity index (χ2n) is 8.31. The second kappa shape index (κ2) is 11.5. The van der Waals surface area contributed by atoms with Gasteiger partial charge in [-0.3, -0.25) is 0 Å². The summed E-state index contributed by atoms with van der Waals surface area (Å²) in [7, 11) is 0. The maximum absolute atomic E-state index is 8.00. The van der Waals surface area contributed by atoms with Gasteiger partial charge in [0.25, 0.3) is 0 Å². The quantitative estimate of drug-likeness (QED) is 0.721. The molecule has 2 atom stereocenters. The Hall–Kier alpha value is -1.45. The third kappa shape index (κ3) is 5.55. The summed E-state index contributed by atoms with van der Waals surface area (Å²) in [5.41, 5.74) is 4.59. The van der Waals surface area contributed by atoms with Crippen LogP contribution in [0.3, 0.4) is 0 Å². The number of carbonyl (C=O) groups excluding carboxylic acids is 1. The monoisotopic (exact) mass is 384 g/mol. The highest BCUT2D eigenvalue weighted by molar-refractivity contribution is 5.70. The molecule has 2 saturated heterocycles. The average Bonchev–Trinajstić information content (AvgIpc) is 3.47. The molecule has 0 spiro atoms. The highest BCUT2D eigenvalue weighted by Crippen LogP contribution is 2.43. The van der Waals surface area contributed by atoms with E-state index in [1.807, 2.05) is 20.6 Å². The summed E-state index contributed by atoms with van der Waals surface area (Å²) in [6.07, 6.45) is 7.78. The van der Waals surface area contributed by atoms with Gasteiger partial charge in [0.2, 0.25) is 0 Å². The van der Waals surface area contributed by atoms with Crippen molar-refractivity contribution in [1.29, 1.82) is 0 Å². The first-order chi connectivity index (χ1) is 13.7. The van der Waals surface area contributed by atoms with E-state index in [1.54, 1.807) is 5.57 Å². The van der Waals surface area contributed by atoms with Crippen LogP contribution in [0, 0.1) is 11.8 Å². The van der Waals surface area contributed by atoms with Crippen molar-refractivity contribution >= 4 is 12.4 Å². The zero-order valence-corrected chi connectivity index (χ0v) is 18.5. The van der Waals surface area contributed by atoms with E-state index in [0.29, 0.717) is 6.04 Å². The fourth-order valence-electron chi connectivity index (χ4n) is 4.84. The van der Waals surface area contributed by atoms with Crippen molar-refractivity contribution in [2.75, 3.05) is 32.7 Å². The van der Waals surface area contributed by atoms with Crippen molar-refractivity contribution in [3.63, 3.8) is 0 Å². The molecule has 2 unspecified atom stereocenters. The molecule has 1 aromatic carbocycles. The average molecular weight is 385 g/mol. The Labute approximate surface area is 172 Å². The maximum Gasteiger partial charge on any atom is 0.106 e. The van der Waals surface area contributed by atoms with E-state index in [1.165, 1.54) is 69.5 Å². The highest BCUT2D eigenvalue weighted by atomic mass is 16.1. The number of allylic oxidation sites excluding steroid dienone is 1. The molecule has 0 aromatic heterocycles. The molecule has 156 valence electrons. The normalized spacial score (nSPS) is 24.2. The van der Waals surface area contributed by atoms with Gasteiger partial charge in [0.15, 0.2) is 0 Å². The Balaban J connectivity index is 0.000000660. The molecular weight excluding hydrogens is 344 g/mol. The lowest BCUT2D eigenvalue weighted by atomic mass is 9.90. The van der Waals surface area contributed by atoms with Gasteiger partial charge in [-0.15, -0.1) is 0 Å². The van der Waals surface area contributed by atoms with Crippen molar-refractivity contribution in [3.8, 4) is 0 Å². The van der Waals surface area contributed by atoms with Gasteiger partial charge < -0.3 is 14.6 Å². The third-order valence-corrected chi connectivity index (χ3v) is 6.44. The number of carbonyl (C=O) groups is 1. The van der Waals surface area contributed by atoms with Crippen molar-refractivity contribution in [2.24, 2.45) is 11.8 Å². The summed E-state index contributed by atoms with van der Waals surface area (Å²) in [5, 5.41) is 0. The van der Waals surface area contributed by atoms with E-state index >= 15 is 0 Å². The lowest BCUT2D eigenvalue weighted by Crippen LogP contribution is -2.28. The minimum Gasteiger partial charge on any atom is -0.307 e. The molecule has 0 amide bonds. The molecule has 28 heavy (non-hydrogen) atoms. The van der Waals surface area contributed by atoms with E-state index in [-0.39, 0.29) is 0 Å². The largest absolute Gasteiger partial charge is 0.307 e. The fraction of sp³-hybridized carbons (Fsp3) is 0.640. The highest BCUT2D eigenvalue weighted by Gasteiger charge is 2.38. The van der Waals surface area contributed by atoms with Crippen molar-refractivity contribution < 1.29 is 4.79 Å². The third-order valence-electron chi connectivity index (χ3n) is 6.44. The molecule has 0 radical (unpaired) electrons. The first-order valence-electron chi connectivity index (χ1n) is 11.3. The van der Waals surface area contributed by atoms with Gasteiger partial charge in [-0.1, -0.05) is 44.2 Å². The molecule has 2 fully saturated rings. The van der Waals surface area contributed by atoms with Gasteiger partial charge in [-0.25, -0.2) is 0 Å². The Morgan fingerprint density at radius 2 is 1.68 bits per heavy atom. The lowest BCUT2D eigenvalue weighted by molar-refractivity contribution is -0.0979. The molecule has 3 nitrogen and oxygen atoms in total.